The van der Waals surface area contributed by atoms with Crippen LogP contribution in [0.15, 0.2) is 24.3 Å². The van der Waals surface area contributed by atoms with Crippen LogP contribution in [0, 0.1) is 0 Å². The lowest BCUT2D eigenvalue weighted by Crippen LogP contribution is -2.16. The summed E-state index contributed by atoms with van der Waals surface area (Å²) in [6, 6.07) is 7.99. The highest BCUT2D eigenvalue weighted by Crippen LogP contribution is 2.04. The van der Waals surface area contributed by atoms with E-state index in [1.807, 2.05) is 25.1 Å². The summed E-state index contributed by atoms with van der Waals surface area (Å²) in [7, 11) is 0. The normalized spacial score (nSPS) is 10.6. The first-order valence-electron chi connectivity index (χ1n) is 5.84. The minimum Gasteiger partial charge on any atom is -0.392 e. The Morgan fingerprint density at radius 2 is 2.12 bits per heavy atom. The molecular weight excluding hydrogens is 202 g/mol. The van der Waals surface area contributed by atoms with Crippen LogP contribution in [-0.4, -0.2) is 24.9 Å². The number of hydrogen-bond acceptors (Lipinski definition) is 3. The largest absolute Gasteiger partial charge is 0.392 e. The van der Waals surface area contributed by atoms with Crippen molar-refractivity contribution in [2.24, 2.45) is 0 Å². The van der Waals surface area contributed by atoms with Gasteiger partial charge in [0.25, 0.3) is 0 Å². The van der Waals surface area contributed by atoms with Gasteiger partial charge in [0.05, 0.1) is 6.61 Å². The Morgan fingerprint density at radius 1 is 1.31 bits per heavy atom. The van der Waals surface area contributed by atoms with Crippen molar-refractivity contribution in [2.45, 2.75) is 26.5 Å². The third-order valence-corrected chi connectivity index (χ3v) is 2.35. The summed E-state index contributed by atoms with van der Waals surface area (Å²) >= 11 is 0. The van der Waals surface area contributed by atoms with Gasteiger partial charge in [-0.3, -0.25) is 0 Å². The minimum atomic E-state index is 0.109. The molecule has 0 heterocycles. The van der Waals surface area contributed by atoms with Crippen LogP contribution in [0.3, 0.4) is 0 Å². The first-order chi connectivity index (χ1) is 7.86. The van der Waals surface area contributed by atoms with Gasteiger partial charge in [0.2, 0.25) is 0 Å². The van der Waals surface area contributed by atoms with Crippen LogP contribution in [0.2, 0.25) is 0 Å². The highest BCUT2D eigenvalue weighted by atomic mass is 16.5. The van der Waals surface area contributed by atoms with E-state index in [1.165, 1.54) is 5.56 Å². The number of aliphatic hydroxyl groups excluding tert-OH is 1. The summed E-state index contributed by atoms with van der Waals surface area (Å²) in [4.78, 5) is 0. The average molecular weight is 223 g/mol. The molecule has 0 aliphatic rings. The highest BCUT2D eigenvalue weighted by Gasteiger charge is 1.95. The van der Waals surface area contributed by atoms with E-state index in [2.05, 4.69) is 11.4 Å². The van der Waals surface area contributed by atoms with Crippen LogP contribution < -0.4 is 5.32 Å². The minimum absolute atomic E-state index is 0.109. The van der Waals surface area contributed by atoms with Crippen molar-refractivity contribution in [1.82, 2.24) is 5.32 Å². The van der Waals surface area contributed by atoms with Gasteiger partial charge in [-0.15, -0.1) is 0 Å². The lowest BCUT2D eigenvalue weighted by atomic mass is 10.1. The first kappa shape index (κ1) is 13.2. The van der Waals surface area contributed by atoms with Gasteiger partial charge in [0, 0.05) is 19.8 Å². The zero-order valence-electron chi connectivity index (χ0n) is 9.91. The lowest BCUT2D eigenvalue weighted by molar-refractivity contribution is 0.144. The van der Waals surface area contributed by atoms with E-state index in [0.717, 1.165) is 38.3 Å². The van der Waals surface area contributed by atoms with Gasteiger partial charge >= 0.3 is 0 Å². The van der Waals surface area contributed by atoms with Crippen LogP contribution in [0.1, 0.15) is 24.5 Å². The van der Waals surface area contributed by atoms with E-state index in [-0.39, 0.29) is 6.61 Å². The summed E-state index contributed by atoms with van der Waals surface area (Å²) in [5.74, 6) is 0. The lowest BCUT2D eigenvalue weighted by Gasteiger charge is -2.06. The van der Waals surface area contributed by atoms with E-state index in [4.69, 9.17) is 9.84 Å². The first-order valence-corrected chi connectivity index (χ1v) is 5.84. The molecule has 1 rings (SSSR count). The molecule has 0 bridgehead atoms. The molecule has 90 valence electrons. The third kappa shape index (κ3) is 5.26. The Bertz CT molecular complexity index is 289. The van der Waals surface area contributed by atoms with Crippen LogP contribution in [0.4, 0.5) is 0 Å². The molecule has 3 nitrogen and oxygen atoms in total. The molecule has 16 heavy (non-hydrogen) atoms. The van der Waals surface area contributed by atoms with Crippen molar-refractivity contribution in [3.63, 3.8) is 0 Å². The van der Waals surface area contributed by atoms with E-state index < -0.39 is 0 Å². The molecule has 1 aromatic rings. The summed E-state index contributed by atoms with van der Waals surface area (Å²) in [5.41, 5.74) is 2.18. The number of ether oxygens (including phenoxy) is 1. The predicted molar refractivity (Wildman–Crippen MR) is 65.2 cm³/mol. The SMILES string of the molecule is CCOCCCNCc1cccc(CO)c1. The van der Waals surface area contributed by atoms with Crippen LogP contribution >= 0.6 is 0 Å². The molecule has 2 N–H and O–H groups in total. The summed E-state index contributed by atoms with van der Waals surface area (Å²) < 4.78 is 5.25. The number of aliphatic hydroxyl groups is 1. The third-order valence-electron chi connectivity index (χ3n) is 2.35. The van der Waals surface area contributed by atoms with Gasteiger partial charge in [-0.2, -0.15) is 0 Å². The number of nitrogens with one attached hydrogen (secondary N) is 1. The molecule has 0 aliphatic carbocycles. The Morgan fingerprint density at radius 3 is 2.88 bits per heavy atom. The van der Waals surface area contributed by atoms with Crippen molar-refractivity contribution < 1.29 is 9.84 Å². The van der Waals surface area contributed by atoms with E-state index in [1.54, 1.807) is 0 Å². The fourth-order valence-corrected chi connectivity index (χ4v) is 1.51. The number of benzene rings is 1. The van der Waals surface area contributed by atoms with Crippen molar-refractivity contribution >= 4 is 0 Å². The summed E-state index contributed by atoms with van der Waals surface area (Å²) in [5, 5.41) is 12.3. The van der Waals surface area contributed by atoms with Gasteiger partial charge in [0.15, 0.2) is 0 Å². The Balaban J connectivity index is 2.16. The second-order valence-corrected chi connectivity index (χ2v) is 3.71. The molecule has 0 unspecified atom stereocenters. The number of hydrogen-bond donors (Lipinski definition) is 2. The summed E-state index contributed by atoms with van der Waals surface area (Å²) in [6.45, 7) is 5.54. The van der Waals surface area contributed by atoms with Gasteiger partial charge in [-0.1, -0.05) is 24.3 Å². The maximum atomic E-state index is 8.99. The standard InChI is InChI=1S/C13H21NO2/c1-2-16-8-4-7-14-10-12-5-3-6-13(9-12)11-15/h3,5-6,9,14-15H,2,4,7-8,10-11H2,1H3. The molecular formula is C13H21NO2. The Hall–Kier alpha value is -0.900. The van der Waals surface area contributed by atoms with Crippen molar-refractivity contribution in [1.29, 1.82) is 0 Å². The predicted octanol–water partition coefficient (Wildman–Crippen LogP) is 1.70. The molecule has 0 radical (unpaired) electrons. The molecule has 0 aliphatic heterocycles. The van der Waals surface area contributed by atoms with Crippen LogP contribution in [0.25, 0.3) is 0 Å². The van der Waals surface area contributed by atoms with Crippen LogP contribution in [-0.2, 0) is 17.9 Å². The smallest absolute Gasteiger partial charge is 0.0681 e. The van der Waals surface area contributed by atoms with E-state index in [9.17, 15) is 0 Å². The second-order valence-electron chi connectivity index (χ2n) is 3.71. The van der Waals surface area contributed by atoms with Crippen molar-refractivity contribution in [2.75, 3.05) is 19.8 Å². The van der Waals surface area contributed by atoms with E-state index in [0.29, 0.717) is 0 Å². The molecule has 0 aromatic heterocycles. The van der Waals surface area contributed by atoms with Gasteiger partial charge < -0.3 is 15.2 Å². The van der Waals surface area contributed by atoms with Gasteiger partial charge in [0.1, 0.15) is 0 Å². The molecule has 0 atom stereocenters. The average Bonchev–Trinajstić information content (AvgIpc) is 2.34. The zero-order valence-corrected chi connectivity index (χ0v) is 9.91. The zero-order chi connectivity index (χ0) is 11.6. The molecule has 0 saturated heterocycles. The number of rotatable bonds is 8. The van der Waals surface area contributed by atoms with Crippen molar-refractivity contribution in [3.8, 4) is 0 Å². The Labute approximate surface area is 97.4 Å². The molecule has 0 spiro atoms. The quantitative estimate of drug-likeness (QED) is 0.659. The second kappa shape index (κ2) is 8.28. The van der Waals surface area contributed by atoms with Crippen molar-refractivity contribution in [3.05, 3.63) is 35.4 Å². The fraction of sp³-hybridized carbons (Fsp3) is 0.538. The monoisotopic (exact) mass is 223 g/mol. The topological polar surface area (TPSA) is 41.5 Å². The molecule has 0 saturated carbocycles. The maximum absolute atomic E-state index is 8.99. The summed E-state index contributed by atoms with van der Waals surface area (Å²) in [6.07, 6.45) is 1.04. The molecule has 1 aromatic carbocycles. The fourth-order valence-electron chi connectivity index (χ4n) is 1.51. The highest BCUT2D eigenvalue weighted by molar-refractivity contribution is 5.22. The molecule has 3 heteroatoms. The van der Waals surface area contributed by atoms with E-state index >= 15 is 0 Å². The molecule has 0 fully saturated rings. The Kier molecular flexibility index (Phi) is 6.81. The molecule has 0 amide bonds. The van der Waals surface area contributed by atoms with Gasteiger partial charge in [-0.05, 0) is 31.0 Å². The van der Waals surface area contributed by atoms with Gasteiger partial charge in [-0.25, -0.2) is 0 Å². The maximum Gasteiger partial charge on any atom is 0.0681 e. The van der Waals surface area contributed by atoms with Crippen LogP contribution in [0.5, 0.6) is 0 Å².